The first kappa shape index (κ1) is 15.6. The summed E-state index contributed by atoms with van der Waals surface area (Å²) in [5, 5.41) is 0. The van der Waals surface area contributed by atoms with E-state index in [0.717, 1.165) is 76.5 Å². The molecule has 3 saturated heterocycles. The van der Waals surface area contributed by atoms with Gasteiger partial charge in [0, 0.05) is 32.1 Å². The SMILES string of the molecule is Cc1ccc(CN2CC[C@@H]3[C@@H](CO[C@H]3CN3CCOCC3)C2)o1. The van der Waals surface area contributed by atoms with E-state index in [2.05, 4.69) is 21.9 Å². The summed E-state index contributed by atoms with van der Waals surface area (Å²) in [5.74, 6) is 3.51. The summed E-state index contributed by atoms with van der Waals surface area (Å²) in [7, 11) is 0. The van der Waals surface area contributed by atoms with Crippen molar-refractivity contribution in [2.45, 2.75) is 26.0 Å². The van der Waals surface area contributed by atoms with E-state index in [1.54, 1.807) is 0 Å². The van der Waals surface area contributed by atoms with Crippen LogP contribution in [0.5, 0.6) is 0 Å². The third-order valence-corrected chi connectivity index (χ3v) is 5.60. The summed E-state index contributed by atoms with van der Waals surface area (Å²) in [6.45, 7) is 11.1. The fraction of sp³-hybridized carbons (Fsp3) is 0.778. The van der Waals surface area contributed by atoms with Gasteiger partial charge in [-0.2, -0.15) is 0 Å². The number of aryl methyl sites for hydroxylation is 1. The van der Waals surface area contributed by atoms with E-state index in [9.17, 15) is 0 Å². The van der Waals surface area contributed by atoms with Crippen LogP contribution in [0.2, 0.25) is 0 Å². The van der Waals surface area contributed by atoms with Crippen LogP contribution in [0.1, 0.15) is 17.9 Å². The maximum absolute atomic E-state index is 6.17. The number of hydrogen-bond donors (Lipinski definition) is 0. The maximum atomic E-state index is 6.17. The average molecular weight is 320 g/mol. The van der Waals surface area contributed by atoms with Crippen LogP contribution in [0, 0.1) is 18.8 Å². The van der Waals surface area contributed by atoms with Crippen LogP contribution in [0.4, 0.5) is 0 Å². The molecule has 5 heteroatoms. The lowest BCUT2D eigenvalue weighted by molar-refractivity contribution is -0.00276. The van der Waals surface area contributed by atoms with Gasteiger partial charge >= 0.3 is 0 Å². The molecular formula is C18H28N2O3. The number of ether oxygens (including phenoxy) is 2. The number of nitrogens with zero attached hydrogens (tertiary/aromatic N) is 2. The Bertz CT molecular complexity index is 512. The van der Waals surface area contributed by atoms with Crippen molar-refractivity contribution < 1.29 is 13.9 Å². The van der Waals surface area contributed by atoms with Crippen molar-refractivity contribution in [1.82, 2.24) is 9.80 Å². The standard InChI is InChI=1S/C18H28N2O3/c1-14-2-3-16(23-14)11-20-5-4-17-15(10-20)13-22-18(17)12-19-6-8-21-9-7-19/h2-3,15,17-18H,4-13H2,1H3/t15-,17-,18+/m1/s1. The van der Waals surface area contributed by atoms with Gasteiger partial charge in [-0.3, -0.25) is 9.80 Å². The number of hydrogen-bond acceptors (Lipinski definition) is 5. The van der Waals surface area contributed by atoms with Crippen molar-refractivity contribution in [2.75, 3.05) is 52.5 Å². The Morgan fingerprint density at radius 2 is 2.00 bits per heavy atom. The summed E-state index contributed by atoms with van der Waals surface area (Å²) in [6.07, 6.45) is 1.67. The van der Waals surface area contributed by atoms with Crippen LogP contribution in [0.25, 0.3) is 0 Å². The highest BCUT2D eigenvalue weighted by atomic mass is 16.5. The average Bonchev–Trinajstić information content (AvgIpc) is 3.15. The van der Waals surface area contributed by atoms with E-state index in [4.69, 9.17) is 13.9 Å². The minimum atomic E-state index is 0.422. The molecule has 0 saturated carbocycles. The van der Waals surface area contributed by atoms with Crippen molar-refractivity contribution >= 4 is 0 Å². The van der Waals surface area contributed by atoms with Gasteiger partial charge in [0.2, 0.25) is 0 Å². The van der Waals surface area contributed by atoms with Crippen LogP contribution in [0.15, 0.2) is 16.5 Å². The Balaban J connectivity index is 1.29. The normalized spacial score (nSPS) is 33.0. The fourth-order valence-corrected chi connectivity index (χ4v) is 4.32. The Morgan fingerprint density at radius 1 is 1.13 bits per heavy atom. The first-order chi connectivity index (χ1) is 11.3. The van der Waals surface area contributed by atoms with Crippen molar-refractivity contribution in [3.05, 3.63) is 23.7 Å². The fourth-order valence-electron chi connectivity index (χ4n) is 4.32. The van der Waals surface area contributed by atoms with E-state index < -0.39 is 0 Å². The van der Waals surface area contributed by atoms with Gasteiger partial charge in [-0.05, 0) is 37.9 Å². The predicted octanol–water partition coefficient (Wildman–Crippen LogP) is 1.76. The summed E-state index contributed by atoms with van der Waals surface area (Å²) >= 11 is 0. The number of morpholine rings is 1. The smallest absolute Gasteiger partial charge is 0.118 e. The topological polar surface area (TPSA) is 38.1 Å². The van der Waals surface area contributed by atoms with Crippen LogP contribution < -0.4 is 0 Å². The van der Waals surface area contributed by atoms with Gasteiger partial charge < -0.3 is 13.9 Å². The van der Waals surface area contributed by atoms with E-state index in [1.165, 1.54) is 6.42 Å². The van der Waals surface area contributed by atoms with Crippen molar-refractivity contribution in [2.24, 2.45) is 11.8 Å². The summed E-state index contributed by atoms with van der Waals surface area (Å²) in [5.41, 5.74) is 0. The molecule has 0 bridgehead atoms. The highest BCUT2D eigenvalue weighted by Crippen LogP contribution is 2.35. The summed E-state index contributed by atoms with van der Waals surface area (Å²) in [6, 6.07) is 4.16. The first-order valence-electron chi connectivity index (χ1n) is 8.97. The van der Waals surface area contributed by atoms with Gasteiger partial charge in [0.15, 0.2) is 0 Å². The molecule has 0 aromatic carbocycles. The molecule has 0 unspecified atom stereocenters. The second-order valence-electron chi connectivity index (χ2n) is 7.24. The second-order valence-corrected chi connectivity index (χ2v) is 7.24. The highest BCUT2D eigenvalue weighted by Gasteiger charge is 2.41. The molecule has 4 heterocycles. The molecule has 4 rings (SSSR count). The van der Waals surface area contributed by atoms with E-state index in [1.807, 2.05) is 6.92 Å². The number of furan rings is 1. The number of fused-ring (bicyclic) bond motifs is 1. The maximum Gasteiger partial charge on any atom is 0.118 e. The molecule has 23 heavy (non-hydrogen) atoms. The van der Waals surface area contributed by atoms with Crippen molar-refractivity contribution in [3.63, 3.8) is 0 Å². The molecule has 0 spiro atoms. The Hall–Kier alpha value is -0.880. The molecule has 3 atom stereocenters. The highest BCUT2D eigenvalue weighted by molar-refractivity contribution is 5.06. The van der Waals surface area contributed by atoms with Gasteiger partial charge in [-0.15, -0.1) is 0 Å². The van der Waals surface area contributed by atoms with Crippen LogP contribution in [-0.4, -0.2) is 68.4 Å². The Labute approximate surface area is 138 Å². The lowest BCUT2D eigenvalue weighted by Gasteiger charge is -2.36. The van der Waals surface area contributed by atoms with E-state index in [0.29, 0.717) is 12.0 Å². The van der Waals surface area contributed by atoms with E-state index >= 15 is 0 Å². The summed E-state index contributed by atoms with van der Waals surface area (Å²) < 4.78 is 17.3. The number of piperidine rings is 1. The molecule has 0 N–H and O–H groups in total. The molecule has 0 radical (unpaired) electrons. The lowest BCUT2D eigenvalue weighted by atomic mass is 9.84. The molecule has 1 aromatic heterocycles. The monoisotopic (exact) mass is 320 g/mol. The van der Waals surface area contributed by atoms with Gasteiger partial charge in [0.1, 0.15) is 11.5 Å². The first-order valence-corrected chi connectivity index (χ1v) is 8.97. The molecule has 3 fully saturated rings. The molecule has 0 aliphatic carbocycles. The molecule has 3 aliphatic rings. The van der Waals surface area contributed by atoms with Crippen LogP contribution >= 0.6 is 0 Å². The minimum absolute atomic E-state index is 0.422. The third kappa shape index (κ3) is 3.63. The van der Waals surface area contributed by atoms with E-state index in [-0.39, 0.29) is 0 Å². The van der Waals surface area contributed by atoms with Crippen LogP contribution in [-0.2, 0) is 16.0 Å². The zero-order valence-corrected chi connectivity index (χ0v) is 14.1. The lowest BCUT2D eigenvalue weighted by Crippen LogP contribution is -2.45. The summed E-state index contributed by atoms with van der Waals surface area (Å²) in [4.78, 5) is 5.04. The number of rotatable bonds is 4. The van der Waals surface area contributed by atoms with Crippen molar-refractivity contribution in [1.29, 1.82) is 0 Å². The molecule has 0 amide bonds. The zero-order chi connectivity index (χ0) is 15.6. The van der Waals surface area contributed by atoms with Crippen molar-refractivity contribution in [3.8, 4) is 0 Å². The molecule has 3 aliphatic heterocycles. The quantitative estimate of drug-likeness (QED) is 0.845. The second kappa shape index (κ2) is 6.93. The Morgan fingerprint density at radius 3 is 2.78 bits per heavy atom. The molecule has 128 valence electrons. The molecule has 1 aromatic rings. The van der Waals surface area contributed by atoms with Gasteiger partial charge in [0.25, 0.3) is 0 Å². The predicted molar refractivity (Wildman–Crippen MR) is 87.3 cm³/mol. The molecule has 5 nitrogen and oxygen atoms in total. The Kier molecular flexibility index (Phi) is 4.71. The van der Waals surface area contributed by atoms with Crippen LogP contribution in [0.3, 0.4) is 0 Å². The van der Waals surface area contributed by atoms with Gasteiger partial charge in [0.05, 0.1) is 32.5 Å². The zero-order valence-electron chi connectivity index (χ0n) is 14.1. The van der Waals surface area contributed by atoms with Gasteiger partial charge in [-0.1, -0.05) is 0 Å². The molecular weight excluding hydrogens is 292 g/mol. The minimum Gasteiger partial charge on any atom is -0.465 e. The third-order valence-electron chi connectivity index (χ3n) is 5.60. The number of likely N-dealkylation sites (tertiary alicyclic amines) is 1. The largest absolute Gasteiger partial charge is 0.465 e. The van der Waals surface area contributed by atoms with Gasteiger partial charge in [-0.25, -0.2) is 0 Å².